The molecular weight excluding hydrogens is 516 g/mol. The molecule has 3 nitrogen and oxygen atoms in total. The molecule has 0 bridgehead atoms. The number of piperidine rings is 1. The van der Waals surface area contributed by atoms with Crippen LogP contribution in [-0.2, 0) is 10.2 Å². The summed E-state index contributed by atoms with van der Waals surface area (Å²) in [5.41, 5.74) is 2.11. The van der Waals surface area contributed by atoms with Crippen LogP contribution in [-0.4, -0.2) is 42.9 Å². The normalized spacial score (nSPS) is 17.7. The molecule has 0 aromatic heterocycles. The third kappa shape index (κ3) is 5.43. The van der Waals surface area contributed by atoms with Gasteiger partial charge in [0.25, 0.3) is 0 Å². The minimum absolute atomic E-state index is 0.0148. The first-order chi connectivity index (χ1) is 13.7. The molecule has 0 aliphatic carbocycles. The topological polar surface area (TPSA) is 23.6 Å². The zero-order valence-corrected chi connectivity index (χ0v) is 21.0. The highest BCUT2D eigenvalue weighted by atomic mass is 79.9. The van der Waals surface area contributed by atoms with Crippen LogP contribution in [0, 0.1) is 0 Å². The average Bonchev–Trinajstić information content (AvgIpc) is 2.68. The Morgan fingerprint density at radius 2 is 1.79 bits per heavy atom. The molecular formula is C23H27Br2ClN2O. The molecule has 0 radical (unpaired) electrons. The quantitative estimate of drug-likeness (QED) is 0.434. The second kappa shape index (κ2) is 9.51. The van der Waals surface area contributed by atoms with Gasteiger partial charge in [-0.2, -0.15) is 0 Å². The molecule has 1 saturated heterocycles. The molecule has 2 aromatic rings. The van der Waals surface area contributed by atoms with Gasteiger partial charge in [0.15, 0.2) is 0 Å². The summed E-state index contributed by atoms with van der Waals surface area (Å²) in [6, 6.07) is 14.2. The van der Waals surface area contributed by atoms with Crippen molar-refractivity contribution in [1.29, 1.82) is 0 Å². The van der Waals surface area contributed by atoms with E-state index in [0.29, 0.717) is 6.42 Å². The van der Waals surface area contributed by atoms with E-state index in [1.807, 2.05) is 36.2 Å². The number of amides is 1. The van der Waals surface area contributed by atoms with E-state index in [0.717, 1.165) is 45.5 Å². The molecule has 1 aliphatic rings. The van der Waals surface area contributed by atoms with E-state index in [1.165, 1.54) is 5.56 Å². The number of nitrogens with zero attached hydrogens (tertiary/aromatic N) is 2. The maximum atomic E-state index is 13.4. The van der Waals surface area contributed by atoms with E-state index < -0.39 is 0 Å². The minimum atomic E-state index is -0.166. The van der Waals surface area contributed by atoms with Crippen LogP contribution >= 0.6 is 43.5 Å². The Morgan fingerprint density at radius 3 is 2.38 bits per heavy atom. The van der Waals surface area contributed by atoms with Crippen LogP contribution in [0.25, 0.3) is 0 Å². The molecule has 2 aromatic carbocycles. The van der Waals surface area contributed by atoms with Crippen molar-refractivity contribution in [3.63, 3.8) is 0 Å². The lowest BCUT2D eigenvalue weighted by Gasteiger charge is -2.42. The number of carbonyl (C=O) groups excluding carboxylic acids is 1. The van der Waals surface area contributed by atoms with Gasteiger partial charge in [0.1, 0.15) is 0 Å². The second-order valence-electron chi connectivity index (χ2n) is 8.15. The Morgan fingerprint density at radius 1 is 1.17 bits per heavy atom. The Balaban J connectivity index is 1.84. The van der Waals surface area contributed by atoms with E-state index in [1.54, 1.807) is 0 Å². The summed E-state index contributed by atoms with van der Waals surface area (Å²) in [5, 5.41) is 0.731. The summed E-state index contributed by atoms with van der Waals surface area (Å²) in [6.07, 6.45) is 2.41. The van der Waals surface area contributed by atoms with Crippen molar-refractivity contribution in [2.24, 2.45) is 0 Å². The van der Waals surface area contributed by atoms with Crippen molar-refractivity contribution in [3.05, 3.63) is 67.6 Å². The van der Waals surface area contributed by atoms with Crippen LogP contribution in [0.15, 0.2) is 51.4 Å². The van der Waals surface area contributed by atoms with Crippen molar-refractivity contribution >= 4 is 49.4 Å². The molecule has 1 heterocycles. The van der Waals surface area contributed by atoms with Crippen LogP contribution in [0.2, 0.25) is 5.02 Å². The van der Waals surface area contributed by atoms with Crippen LogP contribution in [0.1, 0.15) is 43.4 Å². The number of benzene rings is 2. The van der Waals surface area contributed by atoms with Crippen molar-refractivity contribution < 1.29 is 4.79 Å². The standard InChI is InChI=1S/C23H27Br2ClN2O/c1-16(17-11-19(24)14-20(25)12-17)28(3)22(29)15-23(7-9-27(2)10-8-23)18-5-4-6-21(26)13-18/h4-6,11-14,16H,7-10,15H2,1-3H3. The molecule has 1 atom stereocenters. The highest BCUT2D eigenvalue weighted by Crippen LogP contribution is 2.40. The van der Waals surface area contributed by atoms with Crippen LogP contribution in [0.3, 0.4) is 0 Å². The predicted molar refractivity (Wildman–Crippen MR) is 128 cm³/mol. The Bertz CT molecular complexity index is 861. The first kappa shape index (κ1) is 22.8. The van der Waals surface area contributed by atoms with E-state index in [2.05, 4.69) is 68.9 Å². The molecule has 29 heavy (non-hydrogen) atoms. The molecule has 156 valence electrons. The molecule has 0 saturated carbocycles. The first-order valence-corrected chi connectivity index (χ1v) is 11.8. The zero-order valence-electron chi connectivity index (χ0n) is 17.1. The van der Waals surface area contributed by atoms with E-state index >= 15 is 0 Å². The Labute approximate surface area is 195 Å². The lowest BCUT2D eigenvalue weighted by Crippen LogP contribution is -2.44. The maximum absolute atomic E-state index is 13.4. The van der Waals surface area contributed by atoms with Crippen molar-refractivity contribution in [1.82, 2.24) is 9.80 Å². The summed E-state index contributed by atoms with van der Waals surface area (Å²) in [7, 11) is 4.05. The molecule has 3 rings (SSSR count). The van der Waals surface area contributed by atoms with Crippen LogP contribution < -0.4 is 0 Å². The summed E-state index contributed by atoms with van der Waals surface area (Å²) in [4.78, 5) is 17.6. The third-order valence-electron chi connectivity index (χ3n) is 6.21. The second-order valence-corrected chi connectivity index (χ2v) is 10.4. The van der Waals surface area contributed by atoms with Crippen molar-refractivity contribution in [2.75, 3.05) is 27.2 Å². The number of likely N-dealkylation sites (tertiary alicyclic amines) is 1. The number of carbonyl (C=O) groups is 1. The van der Waals surface area contributed by atoms with Gasteiger partial charge in [-0.05, 0) is 81.4 Å². The third-order valence-corrected chi connectivity index (χ3v) is 7.36. The zero-order chi connectivity index (χ0) is 21.2. The van der Waals surface area contributed by atoms with Gasteiger partial charge in [-0.25, -0.2) is 0 Å². The number of rotatable bonds is 5. The summed E-state index contributed by atoms with van der Waals surface area (Å²) in [5.74, 6) is 0.165. The minimum Gasteiger partial charge on any atom is -0.339 e. The SMILES string of the molecule is CC(c1cc(Br)cc(Br)c1)N(C)C(=O)CC1(c2cccc(Cl)c2)CCN(C)CC1. The Kier molecular flexibility index (Phi) is 7.47. The maximum Gasteiger partial charge on any atom is 0.223 e. The van der Waals surface area contributed by atoms with Gasteiger partial charge in [-0.1, -0.05) is 55.6 Å². The number of hydrogen-bond donors (Lipinski definition) is 0. The molecule has 1 aliphatic heterocycles. The lowest BCUT2D eigenvalue weighted by atomic mass is 9.70. The molecule has 1 unspecified atom stereocenters. The van der Waals surface area contributed by atoms with Gasteiger partial charge in [-0.15, -0.1) is 0 Å². The molecule has 1 amide bonds. The summed E-state index contributed by atoms with van der Waals surface area (Å²) < 4.78 is 2.00. The largest absolute Gasteiger partial charge is 0.339 e. The fourth-order valence-corrected chi connectivity index (χ4v) is 5.62. The fourth-order valence-electron chi connectivity index (χ4n) is 4.10. The van der Waals surface area contributed by atoms with Gasteiger partial charge < -0.3 is 9.80 Å². The molecule has 1 fully saturated rings. The number of hydrogen-bond acceptors (Lipinski definition) is 2. The molecule has 6 heteroatoms. The van der Waals surface area contributed by atoms with Gasteiger partial charge in [0.05, 0.1) is 6.04 Å². The van der Waals surface area contributed by atoms with Crippen LogP contribution in [0.5, 0.6) is 0 Å². The van der Waals surface area contributed by atoms with Gasteiger partial charge >= 0.3 is 0 Å². The summed E-state index contributed by atoms with van der Waals surface area (Å²) >= 11 is 13.4. The van der Waals surface area contributed by atoms with Crippen LogP contribution in [0.4, 0.5) is 0 Å². The van der Waals surface area contributed by atoms with E-state index in [4.69, 9.17) is 11.6 Å². The van der Waals surface area contributed by atoms with Gasteiger partial charge in [-0.3, -0.25) is 4.79 Å². The van der Waals surface area contributed by atoms with E-state index in [9.17, 15) is 4.79 Å². The highest BCUT2D eigenvalue weighted by molar-refractivity contribution is 9.11. The number of halogens is 3. The first-order valence-electron chi connectivity index (χ1n) is 9.86. The smallest absolute Gasteiger partial charge is 0.223 e. The van der Waals surface area contributed by atoms with Gasteiger partial charge in [0.2, 0.25) is 5.91 Å². The van der Waals surface area contributed by atoms with E-state index in [-0.39, 0.29) is 17.4 Å². The predicted octanol–water partition coefficient (Wildman–Crippen LogP) is 6.44. The highest BCUT2D eigenvalue weighted by Gasteiger charge is 2.38. The molecule has 0 N–H and O–H groups in total. The van der Waals surface area contributed by atoms with Crippen molar-refractivity contribution in [2.45, 2.75) is 37.6 Å². The monoisotopic (exact) mass is 540 g/mol. The lowest BCUT2D eigenvalue weighted by molar-refractivity contribution is -0.133. The van der Waals surface area contributed by atoms with Gasteiger partial charge in [0, 0.05) is 32.9 Å². The molecule has 0 spiro atoms. The Hall–Kier alpha value is -0.880. The fraction of sp³-hybridized carbons (Fsp3) is 0.435. The van der Waals surface area contributed by atoms with Crippen molar-refractivity contribution in [3.8, 4) is 0 Å². The average molecular weight is 543 g/mol. The summed E-state index contributed by atoms with van der Waals surface area (Å²) in [6.45, 7) is 4.04.